The highest BCUT2D eigenvalue weighted by atomic mass is 32.2. The second kappa shape index (κ2) is 7.17. The molecular formula is C15H24N2S. The maximum Gasteiger partial charge on any atom is 0.0578 e. The number of benzene rings is 1. The Morgan fingerprint density at radius 1 is 1.33 bits per heavy atom. The molecule has 1 fully saturated rings. The largest absolute Gasteiger partial charge is 0.271 e. The maximum absolute atomic E-state index is 5.77. The summed E-state index contributed by atoms with van der Waals surface area (Å²) < 4.78 is 0. The van der Waals surface area contributed by atoms with Gasteiger partial charge in [-0.3, -0.25) is 11.3 Å². The number of rotatable bonds is 5. The SMILES string of the molecule is CCCc1ccc(C(NN)C2CCCCS2)cc1. The molecule has 0 radical (unpaired) electrons. The Balaban J connectivity index is 2.06. The van der Waals surface area contributed by atoms with Crippen LogP contribution in [0.15, 0.2) is 24.3 Å². The summed E-state index contributed by atoms with van der Waals surface area (Å²) in [5, 5.41) is 0.626. The highest BCUT2D eigenvalue weighted by Gasteiger charge is 2.24. The van der Waals surface area contributed by atoms with E-state index in [2.05, 4.69) is 48.4 Å². The zero-order valence-corrected chi connectivity index (χ0v) is 12.0. The second-order valence-corrected chi connectivity index (χ2v) is 6.39. The van der Waals surface area contributed by atoms with Crippen molar-refractivity contribution in [2.75, 3.05) is 5.75 Å². The zero-order valence-electron chi connectivity index (χ0n) is 11.2. The fourth-order valence-corrected chi connectivity index (χ4v) is 4.06. The van der Waals surface area contributed by atoms with Crippen LogP contribution in [0.2, 0.25) is 0 Å². The molecule has 3 N–H and O–H groups in total. The first-order chi connectivity index (χ1) is 8.85. The van der Waals surface area contributed by atoms with E-state index in [0.717, 1.165) is 0 Å². The first-order valence-corrected chi connectivity index (χ1v) is 8.06. The summed E-state index contributed by atoms with van der Waals surface area (Å²) in [4.78, 5) is 0. The monoisotopic (exact) mass is 264 g/mol. The minimum atomic E-state index is 0.297. The lowest BCUT2D eigenvalue weighted by molar-refractivity contribution is 0.491. The third-order valence-corrected chi connectivity index (χ3v) is 5.10. The van der Waals surface area contributed by atoms with E-state index >= 15 is 0 Å². The summed E-state index contributed by atoms with van der Waals surface area (Å²) in [7, 11) is 0. The summed E-state index contributed by atoms with van der Waals surface area (Å²) in [5.74, 6) is 7.04. The van der Waals surface area contributed by atoms with E-state index in [4.69, 9.17) is 5.84 Å². The number of hydrazine groups is 1. The average molecular weight is 264 g/mol. The van der Waals surface area contributed by atoms with E-state index < -0.39 is 0 Å². The Morgan fingerprint density at radius 3 is 2.67 bits per heavy atom. The van der Waals surface area contributed by atoms with E-state index in [1.54, 1.807) is 0 Å². The van der Waals surface area contributed by atoms with E-state index in [1.165, 1.54) is 49.0 Å². The van der Waals surface area contributed by atoms with Gasteiger partial charge in [-0.2, -0.15) is 11.8 Å². The van der Waals surface area contributed by atoms with Crippen molar-refractivity contribution in [1.29, 1.82) is 0 Å². The van der Waals surface area contributed by atoms with Crippen LogP contribution >= 0.6 is 11.8 Å². The Kier molecular flexibility index (Phi) is 5.54. The standard InChI is InChI=1S/C15H24N2S/c1-2-5-12-7-9-13(10-8-12)15(17-16)14-6-3-4-11-18-14/h7-10,14-15,17H,2-6,11,16H2,1H3. The van der Waals surface area contributed by atoms with Gasteiger partial charge in [0, 0.05) is 5.25 Å². The number of hydrogen-bond acceptors (Lipinski definition) is 3. The quantitative estimate of drug-likeness (QED) is 0.632. The smallest absolute Gasteiger partial charge is 0.0578 e. The fraction of sp³-hybridized carbons (Fsp3) is 0.600. The van der Waals surface area contributed by atoms with Crippen LogP contribution in [-0.2, 0) is 6.42 Å². The molecule has 1 saturated heterocycles. The molecule has 1 aromatic carbocycles. The molecule has 2 rings (SSSR count). The minimum Gasteiger partial charge on any atom is -0.271 e. The first-order valence-electron chi connectivity index (χ1n) is 7.01. The lowest BCUT2D eigenvalue weighted by Gasteiger charge is -2.29. The van der Waals surface area contributed by atoms with Crippen molar-refractivity contribution >= 4 is 11.8 Å². The lowest BCUT2D eigenvalue weighted by Crippen LogP contribution is -2.36. The summed E-state index contributed by atoms with van der Waals surface area (Å²) >= 11 is 2.06. The number of thioether (sulfide) groups is 1. The van der Waals surface area contributed by atoms with E-state index in [1.807, 2.05) is 0 Å². The van der Waals surface area contributed by atoms with Crippen molar-refractivity contribution in [2.45, 2.75) is 50.3 Å². The molecular weight excluding hydrogens is 240 g/mol. The van der Waals surface area contributed by atoms with Gasteiger partial charge >= 0.3 is 0 Å². The minimum absolute atomic E-state index is 0.297. The Labute approximate surface area is 115 Å². The van der Waals surface area contributed by atoms with E-state index in [0.29, 0.717) is 11.3 Å². The van der Waals surface area contributed by atoms with Gasteiger partial charge in [0.25, 0.3) is 0 Å². The Bertz CT molecular complexity index is 344. The van der Waals surface area contributed by atoms with Crippen LogP contribution in [0.1, 0.15) is 49.8 Å². The lowest BCUT2D eigenvalue weighted by atomic mass is 9.98. The Hall–Kier alpha value is -0.510. The van der Waals surface area contributed by atoms with Gasteiger partial charge in [-0.05, 0) is 36.1 Å². The van der Waals surface area contributed by atoms with Gasteiger partial charge in [0.2, 0.25) is 0 Å². The number of nitrogens with two attached hydrogens (primary N) is 1. The van der Waals surface area contributed by atoms with Crippen LogP contribution in [0.25, 0.3) is 0 Å². The molecule has 100 valence electrons. The topological polar surface area (TPSA) is 38.0 Å². The predicted molar refractivity (Wildman–Crippen MR) is 80.6 cm³/mol. The molecule has 2 unspecified atom stereocenters. The normalized spacial score (nSPS) is 21.8. The summed E-state index contributed by atoms with van der Waals surface area (Å²) in [6.07, 6.45) is 6.34. The van der Waals surface area contributed by atoms with Gasteiger partial charge in [-0.1, -0.05) is 44.0 Å². The molecule has 0 aliphatic carbocycles. The van der Waals surface area contributed by atoms with Crippen LogP contribution in [0.3, 0.4) is 0 Å². The van der Waals surface area contributed by atoms with Crippen molar-refractivity contribution in [3.8, 4) is 0 Å². The summed E-state index contributed by atoms with van der Waals surface area (Å²) in [6, 6.07) is 9.27. The summed E-state index contributed by atoms with van der Waals surface area (Å²) in [6.45, 7) is 2.22. The van der Waals surface area contributed by atoms with Crippen LogP contribution in [0, 0.1) is 0 Å². The molecule has 1 heterocycles. The van der Waals surface area contributed by atoms with Gasteiger partial charge in [-0.25, -0.2) is 0 Å². The number of nitrogens with one attached hydrogen (secondary N) is 1. The van der Waals surface area contributed by atoms with Crippen molar-refractivity contribution in [2.24, 2.45) is 5.84 Å². The van der Waals surface area contributed by atoms with Gasteiger partial charge in [-0.15, -0.1) is 0 Å². The summed E-state index contributed by atoms with van der Waals surface area (Å²) in [5.41, 5.74) is 5.77. The molecule has 0 saturated carbocycles. The van der Waals surface area contributed by atoms with Gasteiger partial charge in [0.15, 0.2) is 0 Å². The van der Waals surface area contributed by atoms with Crippen LogP contribution in [-0.4, -0.2) is 11.0 Å². The fourth-order valence-electron chi connectivity index (χ4n) is 2.63. The van der Waals surface area contributed by atoms with Crippen molar-refractivity contribution in [3.63, 3.8) is 0 Å². The number of aryl methyl sites for hydroxylation is 1. The molecule has 1 aromatic rings. The van der Waals surface area contributed by atoms with Crippen molar-refractivity contribution in [1.82, 2.24) is 5.43 Å². The maximum atomic E-state index is 5.77. The molecule has 1 aliphatic rings. The van der Waals surface area contributed by atoms with E-state index in [9.17, 15) is 0 Å². The first kappa shape index (κ1) is 13.9. The van der Waals surface area contributed by atoms with E-state index in [-0.39, 0.29) is 0 Å². The van der Waals surface area contributed by atoms with Crippen molar-refractivity contribution in [3.05, 3.63) is 35.4 Å². The molecule has 18 heavy (non-hydrogen) atoms. The molecule has 2 nitrogen and oxygen atoms in total. The molecule has 1 aliphatic heterocycles. The molecule has 0 aromatic heterocycles. The molecule has 0 amide bonds. The second-order valence-electron chi connectivity index (χ2n) is 5.04. The van der Waals surface area contributed by atoms with Gasteiger partial charge in [0.05, 0.1) is 6.04 Å². The highest BCUT2D eigenvalue weighted by molar-refractivity contribution is 8.00. The molecule has 3 heteroatoms. The molecule has 2 atom stereocenters. The third-order valence-electron chi connectivity index (χ3n) is 3.64. The third kappa shape index (κ3) is 3.50. The highest BCUT2D eigenvalue weighted by Crippen LogP contribution is 2.34. The number of hydrogen-bond donors (Lipinski definition) is 2. The predicted octanol–water partition coefficient (Wildman–Crippen LogP) is 3.43. The molecule has 0 spiro atoms. The average Bonchev–Trinajstić information content (AvgIpc) is 2.43. The Morgan fingerprint density at radius 2 is 2.11 bits per heavy atom. The van der Waals surface area contributed by atoms with Crippen LogP contribution < -0.4 is 11.3 Å². The van der Waals surface area contributed by atoms with Gasteiger partial charge < -0.3 is 0 Å². The van der Waals surface area contributed by atoms with Crippen LogP contribution in [0.5, 0.6) is 0 Å². The van der Waals surface area contributed by atoms with Crippen LogP contribution in [0.4, 0.5) is 0 Å². The zero-order chi connectivity index (χ0) is 12.8. The molecule has 0 bridgehead atoms. The van der Waals surface area contributed by atoms with Gasteiger partial charge in [0.1, 0.15) is 0 Å². The van der Waals surface area contributed by atoms with Crippen molar-refractivity contribution < 1.29 is 0 Å².